The van der Waals surface area contributed by atoms with Crippen LogP contribution in [0, 0.1) is 10.5 Å². The summed E-state index contributed by atoms with van der Waals surface area (Å²) in [4.78, 5) is 39.2. The Morgan fingerprint density at radius 1 is 0.971 bits per heavy atom. The number of methoxy groups -OCH3 is 1. The third kappa shape index (κ3) is 4.78. The zero-order valence-corrected chi connectivity index (χ0v) is 21.1. The lowest BCUT2D eigenvalue weighted by molar-refractivity contribution is -0.120. The third-order valence-corrected chi connectivity index (χ3v) is 6.23. The summed E-state index contributed by atoms with van der Waals surface area (Å²) in [6.07, 6.45) is 0. The lowest BCUT2D eigenvalue weighted by Gasteiger charge is -2.15. The molecule has 3 amide bonds. The summed E-state index contributed by atoms with van der Waals surface area (Å²) in [5.41, 5.74) is 2.99. The molecule has 172 valence electrons. The minimum absolute atomic E-state index is 0.0331. The van der Waals surface area contributed by atoms with Gasteiger partial charge in [0.25, 0.3) is 17.7 Å². The second-order valence-corrected chi connectivity index (χ2v) is 9.07. The zero-order valence-electron chi connectivity index (χ0n) is 18.2. The lowest BCUT2D eigenvalue weighted by Crippen LogP contribution is -2.32. The minimum Gasteiger partial charge on any atom is -0.497 e. The number of benzene rings is 3. The van der Waals surface area contributed by atoms with Gasteiger partial charge in [0.15, 0.2) is 0 Å². The summed E-state index contributed by atoms with van der Waals surface area (Å²) in [6.45, 7) is 1.93. The number of rotatable bonds is 6. The van der Waals surface area contributed by atoms with Crippen LogP contribution >= 0.6 is 34.2 Å². The molecule has 0 spiro atoms. The van der Waals surface area contributed by atoms with Gasteiger partial charge in [0.05, 0.1) is 12.8 Å². The summed E-state index contributed by atoms with van der Waals surface area (Å²) in [6, 6.07) is 18.8. The molecule has 0 bridgehead atoms. The fraction of sp³-hybridized carbons (Fsp3) is 0.0800. The topological polar surface area (TPSA) is 87.7 Å². The number of amides is 3. The van der Waals surface area contributed by atoms with Gasteiger partial charge in [0.1, 0.15) is 16.5 Å². The first-order chi connectivity index (χ1) is 16.3. The van der Waals surface area contributed by atoms with Gasteiger partial charge in [0.2, 0.25) is 0 Å². The smallest absolute Gasteiger partial charge is 0.283 e. The highest BCUT2D eigenvalue weighted by atomic mass is 127. The van der Waals surface area contributed by atoms with Crippen LogP contribution in [0.25, 0.3) is 0 Å². The predicted octanol–water partition coefficient (Wildman–Crippen LogP) is 5.30. The second kappa shape index (κ2) is 9.86. The van der Waals surface area contributed by atoms with Crippen molar-refractivity contribution >= 4 is 69.0 Å². The minimum atomic E-state index is -0.622. The van der Waals surface area contributed by atoms with E-state index in [1.54, 1.807) is 48.5 Å². The van der Waals surface area contributed by atoms with E-state index in [0.29, 0.717) is 22.7 Å². The molecule has 3 aromatic rings. The number of aryl methyl sites for hydroxylation is 1. The first-order valence-electron chi connectivity index (χ1n) is 10.2. The Balaban J connectivity index is 1.47. The van der Waals surface area contributed by atoms with Crippen LogP contribution in [0.1, 0.15) is 15.9 Å². The molecule has 1 heterocycles. The van der Waals surface area contributed by atoms with Crippen LogP contribution in [0.2, 0.25) is 0 Å². The molecule has 0 aliphatic carbocycles. The molecule has 2 N–H and O–H groups in total. The highest BCUT2D eigenvalue weighted by Crippen LogP contribution is 2.31. The molecule has 1 aliphatic heterocycles. The standard InChI is InChI=1S/C25H19ClIN3O4/c1-14-13-16(27)5-12-20(14)29-23(31)15-3-6-17(7-4-15)28-22-21(26)24(32)30(25(22)33)18-8-10-19(34-2)11-9-18/h3-13,28H,1-2H3,(H,29,31). The van der Waals surface area contributed by atoms with Crippen molar-refractivity contribution in [2.75, 3.05) is 22.6 Å². The van der Waals surface area contributed by atoms with Crippen molar-refractivity contribution in [3.63, 3.8) is 0 Å². The molecule has 0 aromatic heterocycles. The number of carbonyl (C=O) groups is 3. The lowest BCUT2D eigenvalue weighted by atomic mass is 10.1. The molecule has 1 aliphatic rings. The van der Waals surface area contributed by atoms with Gasteiger partial charge in [-0.2, -0.15) is 0 Å². The van der Waals surface area contributed by atoms with Gasteiger partial charge in [-0.05, 0) is 102 Å². The maximum Gasteiger partial charge on any atom is 0.283 e. The highest BCUT2D eigenvalue weighted by molar-refractivity contribution is 14.1. The molecule has 0 saturated heterocycles. The molecular formula is C25H19ClIN3O4. The molecule has 3 aromatic carbocycles. The highest BCUT2D eigenvalue weighted by Gasteiger charge is 2.39. The van der Waals surface area contributed by atoms with Crippen molar-refractivity contribution < 1.29 is 19.1 Å². The van der Waals surface area contributed by atoms with E-state index in [9.17, 15) is 14.4 Å². The average molecular weight is 588 g/mol. The molecule has 0 radical (unpaired) electrons. The first kappa shape index (κ1) is 23.8. The Hall–Kier alpha value is -3.37. The van der Waals surface area contributed by atoms with Crippen molar-refractivity contribution in [1.82, 2.24) is 0 Å². The second-order valence-electron chi connectivity index (χ2n) is 7.45. The van der Waals surface area contributed by atoms with Crippen molar-refractivity contribution in [2.45, 2.75) is 6.92 Å². The summed E-state index contributed by atoms with van der Waals surface area (Å²) in [5, 5.41) is 5.58. The Morgan fingerprint density at radius 3 is 2.26 bits per heavy atom. The van der Waals surface area contributed by atoms with Gasteiger partial charge in [-0.1, -0.05) is 11.6 Å². The van der Waals surface area contributed by atoms with Crippen LogP contribution in [-0.4, -0.2) is 24.8 Å². The van der Waals surface area contributed by atoms with Crippen LogP contribution in [0.3, 0.4) is 0 Å². The number of nitrogens with one attached hydrogen (secondary N) is 2. The number of carbonyl (C=O) groups excluding carboxylic acids is 3. The summed E-state index contributed by atoms with van der Waals surface area (Å²) in [7, 11) is 1.53. The largest absolute Gasteiger partial charge is 0.497 e. The van der Waals surface area contributed by atoms with Gasteiger partial charge >= 0.3 is 0 Å². The van der Waals surface area contributed by atoms with E-state index < -0.39 is 11.8 Å². The molecule has 0 unspecified atom stereocenters. The van der Waals surface area contributed by atoms with Crippen LogP contribution in [0.15, 0.2) is 77.5 Å². The van der Waals surface area contributed by atoms with Gasteiger partial charge in [0, 0.05) is 20.5 Å². The van der Waals surface area contributed by atoms with Crippen molar-refractivity contribution in [2.24, 2.45) is 0 Å². The van der Waals surface area contributed by atoms with Crippen molar-refractivity contribution in [3.8, 4) is 5.75 Å². The molecule has 7 nitrogen and oxygen atoms in total. The summed E-state index contributed by atoms with van der Waals surface area (Å²) < 4.78 is 6.20. The summed E-state index contributed by atoms with van der Waals surface area (Å²) in [5.74, 6) is -0.855. The van der Waals surface area contributed by atoms with Crippen LogP contribution in [0.4, 0.5) is 17.1 Å². The Kier molecular flexibility index (Phi) is 6.90. The number of nitrogens with zero attached hydrogens (tertiary/aromatic N) is 1. The van der Waals surface area contributed by atoms with E-state index in [0.717, 1.165) is 19.7 Å². The first-order valence-corrected chi connectivity index (χ1v) is 11.6. The van der Waals surface area contributed by atoms with E-state index in [-0.39, 0.29) is 16.6 Å². The third-order valence-electron chi connectivity index (χ3n) is 5.21. The normalized spacial score (nSPS) is 13.4. The number of halogens is 2. The summed E-state index contributed by atoms with van der Waals surface area (Å²) >= 11 is 8.41. The van der Waals surface area contributed by atoms with Gasteiger partial charge in [-0.15, -0.1) is 0 Å². The quantitative estimate of drug-likeness (QED) is 0.302. The van der Waals surface area contributed by atoms with Crippen LogP contribution < -0.4 is 20.3 Å². The number of imide groups is 1. The molecule has 9 heteroatoms. The van der Waals surface area contributed by atoms with Crippen LogP contribution in [0.5, 0.6) is 5.75 Å². The van der Waals surface area contributed by atoms with Gasteiger partial charge in [-0.3, -0.25) is 14.4 Å². The fourth-order valence-corrected chi connectivity index (χ4v) is 4.25. The molecule has 4 rings (SSSR count). The number of anilines is 3. The average Bonchev–Trinajstić information content (AvgIpc) is 3.04. The fourth-order valence-electron chi connectivity index (χ4n) is 3.39. The van der Waals surface area contributed by atoms with E-state index in [1.807, 2.05) is 25.1 Å². The maximum atomic E-state index is 12.9. The van der Waals surface area contributed by atoms with E-state index in [4.69, 9.17) is 16.3 Å². The van der Waals surface area contributed by atoms with E-state index in [2.05, 4.69) is 33.2 Å². The Labute approximate surface area is 214 Å². The van der Waals surface area contributed by atoms with E-state index in [1.165, 1.54) is 7.11 Å². The van der Waals surface area contributed by atoms with Crippen molar-refractivity contribution in [1.29, 1.82) is 0 Å². The molecule has 34 heavy (non-hydrogen) atoms. The van der Waals surface area contributed by atoms with E-state index >= 15 is 0 Å². The molecule has 0 atom stereocenters. The van der Waals surface area contributed by atoms with Gasteiger partial charge < -0.3 is 15.4 Å². The molecule has 0 fully saturated rings. The van der Waals surface area contributed by atoms with Gasteiger partial charge in [-0.25, -0.2) is 4.90 Å². The number of hydrogen-bond donors (Lipinski definition) is 2. The molecule has 0 saturated carbocycles. The number of ether oxygens (including phenoxy) is 1. The van der Waals surface area contributed by atoms with Crippen LogP contribution in [-0.2, 0) is 9.59 Å². The maximum absolute atomic E-state index is 12.9. The zero-order chi connectivity index (χ0) is 24.4. The SMILES string of the molecule is COc1ccc(N2C(=O)C(Cl)=C(Nc3ccc(C(=O)Nc4ccc(I)cc4C)cc3)C2=O)cc1. The number of hydrogen-bond acceptors (Lipinski definition) is 5. The Bertz CT molecular complexity index is 1320. The molecular weight excluding hydrogens is 569 g/mol. The monoisotopic (exact) mass is 587 g/mol. The predicted molar refractivity (Wildman–Crippen MR) is 140 cm³/mol. The Morgan fingerprint density at radius 2 is 1.65 bits per heavy atom. The van der Waals surface area contributed by atoms with Crippen molar-refractivity contribution in [3.05, 3.63) is 92.2 Å².